The number of likely N-dealkylation sites (tertiary alicyclic amines) is 1. The van der Waals surface area contributed by atoms with Gasteiger partial charge in [-0.1, -0.05) is 45.0 Å². The Kier molecular flexibility index (Phi) is 8.56. The molecule has 4 aromatic rings. The predicted octanol–water partition coefficient (Wildman–Crippen LogP) is 5.89. The number of benzene rings is 2. The lowest BCUT2D eigenvalue weighted by Crippen LogP contribution is -2.36. The Morgan fingerprint density at radius 3 is 2.33 bits per heavy atom. The standard InChI is InChI=1S/C17H13N5O.C13H20N2O/c18-16-14-15(21-22-17(14)20-10-19-16)11-6-8-13(9-7-11)23-12-4-2-1-3-5-12;1-13(2,3)9-11(10-14)12(16)15-7-5-4-6-8-15/h1-10H,(H3,18,19,20,21,22);9H,4-8H2,1-3H3/b;11-9+. The number of fused-ring (bicyclic) bond motifs is 1. The van der Waals surface area contributed by atoms with E-state index in [1.165, 1.54) is 12.7 Å². The molecule has 3 heterocycles. The van der Waals surface area contributed by atoms with Gasteiger partial charge in [-0.05, 0) is 61.1 Å². The summed E-state index contributed by atoms with van der Waals surface area (Å²) in [4.78, 5) is 22.0. The maximum absolute atomic E-state index is 12.0. The van der Waals surface area contributed by atoms with Crippen molar-refractivity contribution in [1.29, 1.82) is 5.26 Å². The summed E-state index contributed by atoms with van der Waals surface area (Å²) in [6.45, 7) is 7.57. The number of nitrogens with one attached hydrogen (secondary N) is 1. The third-order valence-corrected chi connectivity index (χ3v) is 6.07. The molecule has 0 saturated carbocycles. The summed E-state index contributed by atoms with van der Waals surface area (Å²) >= 11 is 0. The normalized spacial score (nSPS) is 13.8. The number of nitriles is 1. The number of carbonyl (C=O) groups excluding carboxylic acids is 1. The quantitative estimate of drug-likeness (QED) is 0.252. The zero-order chi connectivity index (χ0) is 27.8. The van der Waals surface area contributed by atoms with Crippen molar-refractivity contribution in [3.05, 3.63) is 72.6 Å². The summed E-state index contributed by atoms with van der Waals surface area (Å²) < 4.78 is 5.79. The Balaban J connectivity index is 0.000000195. The number of nitrogens with zero attached hydrogens (tertiary/aromatic N) is 5. The number of rotatable bonds is 4. The number of anilines is 1. The Morgan fingerprint density at radius 1 is 1.03 bits per heavy atom. The maximum atomic E-state index is 12.0. The van der Waals surface area contributed by atoms with E-state index in [9.17, 15) is 4.79 Å². The lowest BCUT2D eigenvalue weighted by atomic mass is 9.93. The van der Waals surface area contributed by atoms with E-state index in [1.54, 1.807) is 11.0 Å². The molecule has 5 rings (SSSR count). The SMILES string of the molecule is CC(C)(C)/C=C(\C#N)C(=O)N1CCCCC1.Nc1ncnc2n[nH]c(-c3ccc(Oc4ccccc4)cc3)c12. The molecule has 0 unspecified atom stereocenters. The first kappa shape index (κ1) is 27.3. The molecule has 9 heteroatoms. The number of carbonyl (C=O) groups is 1. The molecule has 1 fully saturated rings. The van der Waals surface area contributed by atoms with Crippen LogP contribution < -0.4 is 10.5 Å². The van der Waals surface area contributed by atoms with Crippen molar-refractivity contribution in [2.24, 2.45) is 5.41 Å². The average molecular weight is 524 g/mol. The monoisotopic (exact) mass is 523 g/mol. The molecule has 1 aliphatic heterocycles. The highest BCUT2D eigenvalue weighted by Crippen LogP contribution is 2.30. The summed E-state index contributed by atoms with van der Waals surface area (Å²) in [5.74, 6) is 1.86. The lowest BCUT2D eigenvalue weighted by molar-refractivity contribution is -0.127. The fourth-order valence-electron chi connectivity index (χ4n) is 4.24. The van der Waals surface area contributed by atoms with Gasteiger partial charge in [-0.15, -0.1) is 0 Å². The number of hydrogen-bond acceptors (Lipinski definition) is 7. The fourth-order valence-corrected chi connectivity index (χ4v) is 4.24. The summed E-state index contributed by atoms with van der Waals surface area (Å²) in [5.41, 5.74) is 8.38. The molecule has 0 bridgehead atoms. The van der Waals surface area contributed by atoms with Crippen molar-refractivity contribution < 1.29 is 9.53 Å². The van der Waals surface area contributed by atoms with Gasteiger partial charge in [0.25, 0.3) is 5.91 Å². The van der Waals surface area contributed by atoms with E-state index in [1.807, 2.05) is 81.4 Å². The molecule has 9 nitrogen and oxygen atoms in total. The number of allylic oxidation sites excluding steroid dienone is 1. The molecule has 0 atom stereocenters. The van der Waals surface area contributed by atoms with Crippen LogP contribution in [0.25, 0.3) is 22.3 Å². The first-order valence-corrected chi connectivity index (χ1v) is 13.0. The highest BCUT2D eigenvalue weighted by molar-refractivity contribution is 5.98. The number of H-pyrrole nitrogens is 1. The highest BCUT2D eigenvalue weighted by Gasteiger charge is 2.22. The number of nitrogen functional groups attached to an aromatic ring is 1. The van der Waals surface area contributed by atoms with Crippen molar-refractivity contribution in [2.75, 3.05) is 18.8 Å². The Bertz CT molecular complexity index is 1470. The topological polar surface area (TPSA) is 134 Å². The van der Waals surface area contributed by atoms with Crippen LogP contribution in [-0.4, -0.2) is 44.1 Å². The largest absolute Gasteiger partial charge is 0.457 e. The molecule has 1 amide bonds. The van der Waals surface area contributed by atoms with Crippen LogP contribution in [0.4, 0.5) is 5.82 Å². The van der Waals surface area contributed by atoms with Crippen molar-refractivity contribution in [3.63, 3.8) is 0 Å². The van der Waals surface area contributed by atoms with Gasteiger partial charge in [0.2, 0.25) is 0 Å². The molecule has 1 aliphatic rings. The van der Waals surface area contributed by atoms with E-state index in [0.717, 1.165) is 54.1 Å². The molecule has 200 valence electrons. The summed E-state index contributed by atoms with van der Waals surface area (Å²) in [5, 5.41) is 16.9. The van der Waals surface area contributed by atoms with Crippen molar-refractivity contribution >= 4 is 22.8 Å². The highest BCUT2D eigenvalue weighted by atomic mass is 16.5. The van der Waals surface area contributed by atoms with Gasteiger partial charge in [-0.2, -0.15) is 10.4 Å². The number of ether oxygens (including phenoxy) is 1. The van der Waals surface area contributed by atoms with Crippen LogP contribution in [0, 0.1) is 16.7 Å². The van der Waals surface area contributed by atoms with Crippen molar-refractivity contribution in [3.8, 4) is 28.8 Å². The molecular weight excluding hydrogens is 490 g/mol. The average Bonchev–Trinajstić information content (AvgIpc) is 3.38. The minimum atomic E-state index is -0.128. The van der Waals surface area contributed by atoms with Gasteiger partial charge in [-0.3, -0.25) is 9.89 Å². The molecule has 2 aromatic heterocycles. The fraction of sp³-hybridized carbons (Fsp3) is 0.300. The Morgan fingerprint density at radius 2 is 1.69 bits per heavy atom. The first-order valence-electron chi connectivity index (χ1n) is 13.0. The van der Waals surface area contributed by atoms with Crippen LogP contribution in [0.2, 0.25) is 0 Å². The molecular formula is C30H33N7O2. The van der Waals surface area contributed by atoms with Gasteiger partial charge >= 0.3 is 0 Å². The van der Waals surface area contributed by atoms with Gasteiger partial charge in [0, 0.05) is 18.7 Å². The Hall–Kier alpha value is -4.71. The van der Waals surface area contributed by atoms with E-state index in [0.29, 0.717) is 11.5 Å². The van der Waals surface area contributed by atoms with E-state index in [4.69, 9.17) is 15.7 Å². The molecule has 2 aromatic carbocycles. The van der Waals surface area contributed by atoms with E-state index in [-0.39, 0.29) is 16.9 Å². The number of para-hydroxylation sites is 1. The van der Waals surface area contributed by atoms with Crippen LogP contribution in [-0.2, 0) is 4.79 Å². The van der Waals surface area contributed by atoms with Crippen molar-refractivity contribution in [1.82, 2.24) is 25.1 Å². The Labute approximate surface area is 228 Å². The second-order valence-corrected chi connectivity index (χ2v) is 10.4. The van der Waals surface area contributed by atoms with E-state index < -0.39 is 0 Å². The second kappa shape index (κ2) is 12.2. The number of hydrogen-bond donors (Lipinski definition) is 2. The summed E-state index contributed by atoms with van der Waals surface area (Å²) in [7, 11) is 0. The van der Waals surface area contributed by atoms with Crippen LogP contribution >= 0.6 is 0 Å². The number of nitrogens with two attached hydrogens (primary N) is 1. The van der Waals surface area contributed by atoms with Gasteiger partial charge in [-0.25, -0.2) is 9.97 Å². The number of piperidine rings is 1. The number of aromatic amines is 1. The maximum Gasteiger partial charge on any atom is 0.264 e. The third-order valence-electron chi connectivity index (χ3n) is 6.07. The summed E-state index contributed by atoms with van der Waals surface area (Å²) in [6, 6.07) is 19.3. The first-order chi connectivity index (χ1) is 18.7. The molecule has 0 spiro atoms. The van der Waals surface area contributed by atoms with Gasteiger partial charge in [0.05, 0.1) is 11.1 Å². The smallest absolute Gasteiger partial charge is 0.264 e. The zero-order valence-corrected chi connectivity index (χ0v) is 22.5. The van der Waals surface area contributed by atoms with Crippen LogP contribution in [0.15, 0.2) is 72.6 Å². The van der Waals surface area contributed by atoms with Crippen LogP contribution in [0.5, 0.6) is 11.5 Å². The van der Waals surface area contributed by atoms with Gasteiger partial charge in [0.1, 0.15) is 35.3 Å². The van der Waals surface area contributed by atoms with E-state index >= 15 is 0 Å². The zero-order valence-electron chi connectivity index (χ0n) is 22.5. The van der Waals surface area contributed by atoms with Crippen LogP contribution in [0.3, 0.4) is 0 Å². The minimum absolute atomic E-state index is 0.0999. The molecule has 0 aliphatic carbocycles. The minimum Gasteiger partial charge on any atom is -0.457 e. The summed E-state index contributed by atoms with van der Waals surface area (Å²) in [6.07, 6.45) is 6.47. The van der Waals surface area contributed by atoms with Gasteiger partial charge < -0.3 is 15.4 Å². The second-order valence-electron chi connectivity index (χ2n) is 10.4. The number of amides is 1. The number of aromatic nitrogens is 4. The predicted molar refractivity (Wildman–Crippen MR) is 152 cm³/mol. The van der Waals surface area contributed by atoms with Crippen LogP contribution in [0.1, 0.15) is 40.0 Å². The van der Waals surface area contributed by atoms with Gasteiger partial charge in [0.15, 0.2) is 5.65 Å². The lowest BCUT2D eigenvalue weighted by Gasteiger charge is -2.27. The molecule has 39 heavy (non-hydrogen) atoms. The van der Waals surface area contributed by atoms with Crippen molar-refractivity contribution in [2.45, 2.75) is 40.0 Å². The van der Waals surface area contributed by atoms with E-state index in [2.05, 4.69) is 20.2 Å². The third kappa shape index (κ3) is 7.20. The molecule has 1 saturated heterocycles. The molecule has 0 radical (unpaired) electrons. The molecule has 3 N–H and O–H groups in total.